The molecule has 0 radical (unpaired) electrons. The van der Waals surface area contributed by atoms with Gasteiger partial charge in [-0.1, -0.05) is 36.6 Å². The van der Waals surface area contributed by atoms with E-state index >= 15 is 0 Å². The predicted molar refractivity (Wildman–Crippen MR) is 71.5 cm³/mol. The molecule has 0 spiro atoms. The van der Waals surface area contributed by atoms with E-state index in [1.807, 2.05) is 26.3 Å². The molecule has 0 amide bonds. The van der Waals surface area contributed by atoms with Gasteiger partial charge in [-0.05, 0) is 37.6 Å². The maximum Gasteiger partial charge on any atom is 0.0872 e. The number of benzene rings is 1. The molecule has 1 saturated carbocycles. The summed E-state index contributed by atoms with van der Waals surface area (Å²) >= 11 is 5.94. The Labute approximate surface area is 108 Å². The van der Waals surface area contributed by atoms with E-state index in [0.717, 1.165) is 17.9 Å². The van der Waals surface area contributed by atoms with E-state index in [1.165, 1.54) is 18.4 Å². The average molecular weight is 254 g/mol. The van der Waals surface area contributed by atoms with E-state index in [4.69, 9.17) is 16.3 Å². The van der Waals surface area contributed by atoms with Gasteiger partial charge in [0.15, 0.2) is 0 Å². The zero-order valence-electron chi connectivity index (χ0n) is 10.5. The van der Waals surface area contributed by atoms with Crippen molar-refractivity contribution in [2.75, 3.05) is 14.2 Å². The first-order valence-electron chi connectivity index (χ1n) is 6.20. The van der Waals surface area contributed by atoms with Crippen LogP contribution in [0.25, 0.3) is 0 Å². The first-order chi connectivity index (χ1) is 8.22. The minimum absolute atomic E-state index is 0.0530. The number of hydrogen-bond acceptors (Lipinski definition) is 2. The third-order valence-corrected chi connectivity index (χ3v) is 4.13. The summed E-state index contributed by atoms with van der Waals surface area (Å²) in [5.74, 6) is 0. The molecule has 0 bridgehead atoms. The molecule has 2 rings (SSSR count). The van der Waals surface area contributed by atoms with Crippen molar-refractivity contribution in [2.24, 2.45) is 0 Å². The van der Waals surface area contributed by atoms with Crippen LogP contribution in [0.15, 0.2) is 24.3 Å². The normalized spacial score (nSPS) is 20.4. The summed E-state index contributed by atoms with van der Waals surface area (Å²) in [5, 5.41) is 4.18. The first-order valence-corrected chi connectivity index (χ1v) is 6.57. The summed E-state index contributed by atoms with van der Waals surface area (Å²) in [4.78, 5) is 0. The van der Waals surface area contributed by atoms with Crippen molar-refractivity contribution in [3.8, 4) is 0 Å². The smallest absolute Gasteiger partial charge is 0.0872 e. The zero-order valence-corrected chi connectivity index (χ0v) is 11.3. The third-order valence-electron chi connectivity index (χ3n) is 3.87. The minimum atomic E-state index is -0.0530. The molecule has 94 valence electrons. The molecule has 17 heavy (non-hydrogen) atoms. The summed E-state index contributed by atoms with van der Waals surface area (Å²) in [6.45, 7) is 0. The van der Waals surface area contributed by atoms with Gasteiger partial charge in [0.25, 0.3) is 0 Å². The Bertz CT molecular complexity index is 357. The van der Waals surface area contributed by atoms with Gasteiger partial charge >= 0.3 is 0 Å². The number of likely N-dealkylation sites (N-methyl/N-ethyl adjacent to an activating group) is 1. The maximum absolute atomic E-state index is 5.94. The highest BCUT2D eigenvalue weighted by molar-refractivity contribution is 6.30. The zero-order chi connectivity index (χ0) is 12.3. The van der Waals surface area contributed by atoms with Crippen molar-refractivity contribution >= 4 is 11.6 Å². The summed E-state index contributed by atoms with van der Waals surface area (Å²) in [6, 6.07) is 8.30. The van der Waals surface area contributed by atoms with Gasteiger partial charge in [-0.3, -0.25) is 0 Å². The number of ether oxygens (including phenoxy) is 1. The van der Waals surface area contributed by atoms with Crippen molar-refractivity contribution in [2.45, 2.75) is 37.3 Å². The second-order valence-corrected chi connectivity index (χ2v) is 5.19. The Morgan fingerprint density at radius 1 is 1.24 bits per heavy atom. The molecule has 2 nitrogen and oxygen atoms in total. The maximum atomic E-state index is 5.94. The van der Waals surface area contributed by atoms with E-state index < -0.39 is 0 Å². The van der Waals surface area contributed by atoms with Crippen LogP contribution in [0.5, 0.6) is 0 Å². The lowest BCUT2D eigenvalue weighted by Crippen LogP contribution is -2.42. The fourth-order valence-corrected chi connectivity index (χ4v) is 3.10. The summed E-state index contributed by atoms with van der Waals surface area (Å²) in [6.07, 6.45) is 4.74. The van der Waals surface area contributed by atoms with Crippen LogP contribution < -0.4 is 5.32 Å². The minimum Gasteiger partial charge on any atom is -0.376 e. The van der Waals surface area contributed by atoms with Crippen molar-refractivity contribution in [1.82, 2.24) is 5.32 Å². The van der Waals surface area contributed by atoms with E-state index in [9.17, 15) is 0 Å². The van der Waals surface area contributed by atoms with Crippen LogP contribution in [0.2, 0.25) is 5.02 Å². The average Bonchev–Trinajstić information content (AvgIpc) is 2.82. The largest absolute Gasteiger partial charge is 0.376 e. The van der Waals surface area contributed by atoms with Crippen LogP contribution in [-0.4, -0.2) is 19.8 Å². The number of halogens is 1. The van der Waals surface area contributed by atoms with Crippen LogP contribution in [-0.2, 0) is 4.74 Å². The van der Waals surface area contributed by atoms with Crippen LogP contribution in [0.1, 0.15) is 37.3 Å². The third kappa shape index (κ3) is 2.49. The van der Waals surface area contributed by atoms with Gasteiger partial charge in [0.2, 0.25) is 0 Å². The number of methoxy groups -OCH3 is 1. The Balaban J connectivity index is 2.28. The molecule has 1 aromatic rings. The lowest BCUT2D eigenvalue weighted by molar-refractivity contribution is -0.0349. The van der Waals surface area contributed by atoms with Crippen molar-refractivity contribution < 1.29 is 4.74 Å². The predicted octanol–water partition coefficient (Wildman–Crippen LogP) is 3.56. The summed E-state index contributed by atoms with van der Waals surface area (Å²) in [7, 11) is 3.82. The fraction of sp³-hybridized carbons (Fsp3) is 0.571. The molecule has 0 aliphatic heterocycles. The number of hydrogen-bond donors (Lipinski definition) is 1. The molecule has 1 aromatic carbocycles. The standard InChI is InChI=1S/C14H20ClNO/c1-16-13(11-5-7-12(15)8-6-11)14(17-2)9-3-4-10-14/h5-8,13,16H,3-4,9-10H2,1-2H3. The van der Waals surface area contributed by atoms with Crippen LogP contribution in [0, 0.1) is 0 Å². The highest BCUT2D eigenvalue weighted by Crippen LogP contribution is 2.42. The first kappa shape index (κ1) is 12.9. The van der Waals surface area contributed by atoms with Gasteiger partial charge in [0.05, 0.1) is 11.6 Å². The second-order valence-electron chi connectivity index (χ2n) is 4.75. The van der Waals surface area contributed by atoms with Crippen molar-refractivity contribution in [3.63, 3.8) is 0 Å². The summed E-state index contributed by atoms with van der Waals surface area (Å²) in [5.41, 5.74) is 1.20. The summed E-state index contributed by atoms with van der Waals surface area (Å²) < 4.78 is 5.84. The molecule has 1 atom stereocenters. The van der Waals surface area contributed by atoms with Gasteiger partial charge in [-0.15, -0.1) is 0 Å². The lowest BCUT2D eigenvalue weighted by Gasteiger charge is -2.36. The molecule has 0 heterocycles. The van der Waals surface area contributed by atoms with Crippen molar-refractivity contribution in [3.05, 3.63) is 34.9 Å². The lowest BCUT2D eigenvalue weighted by atomic mass is 9.87. The Kier molecular flexibility index (Phi) is 4.08. The molecule has 0 aromatic heterocycles. The Hall–Kier alpha value is -0.570. The SMILES string of the molecule is CNC(c1ccc(Cl)cc1)C1(OC)CCCC1. The topological polar surface area (TPSA) is 21.3 Å². The quantitative estimate of drug-likeness (QED) is 0.886. The van der Waals surface area contributed by atoms with Gasteiger partial charge in [-0.25, -0.2) is 0 Å². The van der Waals surface area contributed by atoms with Crippen LogP contribution in [0.4, 0.5) is 0 Å². The van der Waals surface area contributed by atoms with Gasteiger partial charge in [0.1, 0.15) is 0 Å². The molecular weight excluding hydrogens is 234 g/mol. The molecule has 0 saturated heterocycles. The number of nitrogens with one attached hydrogen (secondary N) is 1. The van der Waals surface area contributed by atoms with E-state index in [2.05, 4.69) is 17.4 Å². The fourth-order valence-electron chi connectivity index (χ4n) is 2.97. The molecule has 1 N–H and O–H groups in total. The molecule has 1 aliphatic carbocycles. The van der Waals surface area contributed by atoms with Crippen molar-refractivity contribution in [1.29, 1.82) is 0 Å². The van der Waals surface area contributed by atoms with E-state index in [0.29, 0.717) is 0 Å². The molecule has 1 aliphatic rings. The van der Waals surface area contributed by atoms with Gasteiger partial charge < -0.3 is 10.1 Å². The van der Waals surface area contributed by atoms with Crippen LogP contribution in [0.3, 0.4) is 0 Å². The Morgan fingerprint density at radius 3 is 2.29 bits per heavy atom. The number of rotatable bonds is 4. The monoisotopic (exact) mass is 253 g/mol. The Morgan fingerprint density at radius 2 is 1.82 bits per heavy atom. The van der Waals surface area contributed by atoms with E-state index in [-0.39, 0.29) is 11.6 Å². The molecule has 1 fully saturated rings. The second kappa shape index (κ2) is 5.38. The highest BCUT2D eigenvalue weighted by atomic mass is 35.5. The molecule has 1 unspecified atom stereocenters. The highest BCUT2D eigenvalue weighted by Gasteiger charge is 2.41. The molecular formula is C14H20ClNO. The molecule has 3 heteroatoms. The van der Waals surface area contributed by atoms with E-state index in [1.54, 1.807) is 0 Å². The van der Waals surface area contributed by atoms with Crippen LogP contribution >= 0.6 is 11.6 Å². The van der Waals surface area contributed by atoms with Gasteiger partial charge in [-0.2, -0.15) is 0 Å². The van der Waals surface area contributed by atoms with Gasteiger partial charge in [0, 0.05) is 12.1 Å².